The number of thioether (sulfide) groups is 1. The van der Waals surface area contributed by atoms with Crippen molar-refractivity contribution in [3.05, 3.63) is 52.0 Å². The van der Waals surface area contributed by atoms with Gasteiger partial charge in [0.05, 0.1) is 16.7 Å². The van der Waals surface area contributed by atoms with E-state index in [9.17, 15) is 22.4 Å². The SMILES string of the molecule is O=C(CCCN1C(=O)/C(=C/c2ccc(F)cc2)SC1=S)NC1C=CS(=O)(=O)C1. The first-order chi connectivity index (χ1) is 13.2. The minimum absolute atomic E-state index is 0.123. The Bertz CT molecular complexity index is 971. The zero-order chi connectivity index (χ0) is 20.3. The van der Waals surface area contributed by atoms with Crippen LogP contribution < -0.4 is 5.32 Å². The molecule has 0 bridgehead atoms. The number of carbonyl (C=O) groups is 2. The molecule has 148 valence electrons. The summed E-state index contributed by atoms with van der Waals surface area (Å²) in [5.41, 5.74) is 0.695. The largest absolute Gasteiger partial charge is 0.349 e. The molecule has 1 aromatic carbocycles. The van der Waals surface area contributed by atoms with Crippen molar-refractivity contribution in [3.63, 3.8) is 0 Å². The van der Waals surface area contributed by atoms with Gasteiger partial charge in [-0.1, -0.05) is 36.1 Å². The minimum atomic E-state index is -3.22. The Morgan fingerprint density at radius 2 is 2.07 bits per heavy atom. The monoisotopic (exact) mass is 440 g/mol. The van der Waals surface area contributed by atoms with Gasteiger partial charge < -0.3 is 5.32 Å². The molecule has 2 amide bonds. The first kappa shape index (κ1) is 20.7. The van der Waals surface area contributed by atoms with Crippen LogP contribution in [0.25, 0.3) is 6.08 Å². The van der Waals surface area contributed by atoms with Gasteiger partial charge >= 0.3 is 0 Å². The summed E-state index contributed by atoms with van der Waals surface area (Å²) >= 11 is 6.41. The van der Waals surface area contributed by atoms with Gasteiger partial charge in [0, 0.05) is 18.4 Å². The highest BCUT2D eigenvalue weighted by Gasteiger charge is 2.31. The highest BCUT2D eigenvalue weighted by Crippen LogP contribution is 2.32. The molecule has 10 heteroatoms. The maximum Gasteiger partial charge on any atom is 0.266 e. The predicted molar refractivity (Wildman–Crippen MR) is 110 cm³/mol. The molecule has 3 rings (SSSR count). The van der Waals surface area contributed by atoms with Gasteiger partial charge in [0.15, 0.2) is 9.84 Å². The number of rotatable bonds is 6. The third-order valence-electron chi connectivity index (χ3n) is 4.10. The number of thiocarbonyl (C=S) groups is 1. The van der Waals surface area contributed by atoms with Crippen molar-refractivity contribution in [2.45, 2.75) is 18.9 Å². The summed E-state index contributed by atoms with van der Waals surface area (Å²) < 4.78 is 36.1. The summed E-state index contributed by atoms with van der Waals surface area (Å²) in [6.07, 6.45) is 3.65. The quantitative estimate of drug-likeness (QED) is 0.540. The molecule has 1 unspecified atom stereocenters. The molecule has 0 saturated carbocycles. The van der Waals surface area contributed by atoms with Gasteiger partial charge in [-0.3, -0.25) is 14.5 Å². The molecule has 1 fully saturated rings. The lowest BCUT2D eigenvalue weighted by molar-refractivity contribution is -0.124. The molecule has 1 aromatic rings. The Kier molecular flexibility index (Phi) is 6.31. The third-order valence-corrected chi connectivity index (χ3v) is 6.88. The lowest BCUT2D eigenvalue weighted by Crippen LogP contribution is -2.36. The van der Waals surface area contributed by atoms with Gasteiger partial charge in [0.2, 0.25) is 5.91 Å². The summed E-state index contributed by atoms with van der Waals surface area (Å²) in [5, 5.41) is 3.74. The van der Waals surface area contributed by atoms with Crippen molar-refractivity contribution >= 4 is 56.0 Å². The summed E-state index contributed by atoms with van der Waals surface area (Å²) in [6, 6.07) is 5.27. The van der Waals surface area contributed by atoms with Crippen LogP contribution in [0.15, 0.2) is 40.7 Å². The molecule has 6 nitrogen and oxygen atoms in total. The molecule has 1 N–H and O–H groups in total. The van der Waals surface area contributed by atoms with Crippen LogP contribution in [0.5, 0.6) is 0 Å². The second-order valence-corrected chi connectivity index (χ2v) is 9.93. The van der Waals surface area contributed by atoms with Crippen molar-refractivity contribution in [3.8, 4) is 0 Å². The van der Waals surface area contributed by atoms with Gasteiger partial charge in [-0.15, -0.1) is 0 Å². The van der Waals surface area contributed by atoms with Crippen LogP contribution in [0.2, 0.25) is 0 Å². The number of carbonyl (C=O) groups excluding carboxylic acids is 2. The standard InChI is InChI=1S/C18H17FN2O4S3/c19-13-5-3-12(4-6-13)10-15-17(23)21(18(26)27-15)8-1-2-16(22)20-14-7-9-28(24,25)11-14/h3-7,9-10,14H,1-2,8,11H2,(H,20,22)/b15-10-. The number of amides is 2. The Hall–Kier alpha value is -2.04. The van der Waals surface area contributed by atoms with Crippen LogP contribution in [0.1, 0.15) is 18.4 Å². The number of halogens is 1. The van der Waals surface area contributed by atoms with E-state index >= 15 is 0 Å². The molecule has 2 heterocycles. The fraction of sp³-hybridized carbons (Fsp3) is 0.278. The molecule has 0 aromatic heterocycles. The lowest BCUT2D eigenvalue weighted by Gasteiger charge is -2.15. The summed E-state index contributed by atoms with van der Waals surface area (Å²) in [7, 11) is -3.22. The van der Waals surface area contributed by atoms with Gasteiger partial charge in [0.25, 0.3) is 5.91 Å². The normalized spacial score (nSPS) is 22.2. The van der Waals surface area contributed by atoms with E-state index in [0.717, 1.165) is 17.2 Å². The van der Waals surface area contributed by atoms with E-state index in [1.165, 1.54) is 23.1 Å². The second kappa shape index (κ2) is 8.54. The maximum atomic E-state index is 13.0. The number of hydrogen-bond acceptors (Lipinski definition) is 6. The Balaban J connectivity index is 1.50. The van der Waals surface area contributed by atoms with Crippen LogP contribution in [0.3, 0.4) is 0 Å². The molecule has 2 aliphatic rings. The number of nitrogens with one attached hydrogen (secondary N) is 1. The second-order valence-electron chi connectivity index (χ2n) is 6.32. The Morgan fingerprint density at radius 1 is 1.36 bits per heavy atom. The van der Waals surface area contributed by atoms with Crippen LogP contribution in [-0.4, -0.2) is 47.8 Å². The summed E-state index contributed by atoms with van der Waals surface area (Å²) in [6.45, 7) is 0.289. The molecule has 0 aliphatic carbocycles. The van der Waals surface area contributed by atoms with Crippen LogP contribution in [0.4, 0.5) is 4.39 Å². The van der Waals surface area contributed by atoms with Crippen molar-refractivity contribution in [2.75, 3.05) is 12.3 Å². The first-order valence-corrected chi connectivity index (χ1v) is 11.4. The number of sulfone groups is 1. The molecular weight excluding hydrogens is 423 g/mol. The first-order valence-electron chi connectivity index (χ1n) is 8.45. The summed E-state index contributed by atoms with van der Waals surface area (Å²) in [5.74, 6) is -1.00. The molecule has 1 saturated heterocycles. The lowest BCUT2D eigenvalue weighted by atomic mass is 10.2. The molecule has 0 radical (unpaired) electrons. The predicted octanol–water partition coefficient (Wildman–Crippen LogP) is 2.23. The number of hydrogen-bond donors (Lipinski definition) is 1. The topological polar surface area (TPSA) is 83.6 Å². The van der Waals surface area contributed by atoms with E-state index < -0.39 is 15.9 Å². The van der Waals surface area contributed by atoms with E-state index in [0.29, 0.717) is 21.2 Å². The average Bonchev–Trinajstić information content (AvgIpc) is 3.09. The summed E-state index contributed by atoms with van der Waals surface area (Å²) in [4.78, 5) is 26.3. The molecule has 0 spiro atoms. The minimum Gasteiger partial charge on any atom is -0.349 e. The average molecular weight is 441 g/mol. The maximum absolute atomic E-state index is 13.0. The van der Waals surface area contributed by atoms with Crippen molar-refractivity contribution in [1.29, 1.82) is 0 Å². The number of nitrogens with zero attached hydrogens (tertiary/aromatic N) is 1. The Morgan fingerprint density at radius 3 is 2.71 bits per heavy atom. The van der Waals surface area contributed by atoms with Gasteiger partial charge in [-0.25, -0.2) is 12.8 Å². The zero-order valence-electron chi connectivity index (χ0n) is 14.6. The molecular formula is C18H17FN2O4S3. The van der Waals surface area contributed by atoms with E-state index in [4.69, 9.17) is 12.2 Å². The van der Waals surface area contributed by atoms with Crippen LogP contribution >= 0.6 is 24.0 Å². The van der Waals surface area contributed by atoms with Gasteiger partial charge in [-0.05, 0) is 36.3 Å². The fourth-order valence-electron chi connectivity index (χ4n) is 2.75. The van der Waals surface area contributed by atoms with Crippen LogP contribution in [-0.2, 0) is 19.4 Å². The van der Waals surface area contributed by atoms with E-state index in [2.05, 4.69) is 5.32 Å². The fourth-order valence-corrected chi connectivity index (χ4v) is 5.29. The van der Waals surface area contributed by atoms with Gasteiger partial charge in [-0.2, -0.15) is 0 Å². The highest BCUT2D eigenvalue weighted by atomic mass is 32.2. The smallest absolute Gasteiger partial charge is 0.266 e. The van der Waals surface area contributed by atoms with Crippen molar-refractivity contribution in [1.82, 2.24) is 10.2 Å². The van der Waals surface area contributed by atoms with E-state index in [1.54, 1.807) is 18.2 Å². The van der Waals surface area contributed by atoms with Gasteiger partial charge in [0.1, 0.15) is 10.1 Å². The number of benzene rings is 1. The molecule has 28 heavy (non-hydrogen) atoms. The Labute approximate surface area is 171 Å². The molecule has 2 aliphatic heterocycles. The third kappa shape index (κ3) is 5.27. The van der Waals surface area contributed by atoms with Crippen molar-refractivity contribution < 1.29 is 22.4 Å². The highest BCUT2D eigenvalue weighted by molar-refractivity contribution is 8.26. The molecule has 1 atom stereocenters. The van der Waals surface area contributed by atoms with E-state index in [1.807, 2.05) is 0 Å². The van der Waals surface area contributed by atoms with E-state index in [-0.39, 0.29) is 36.4 Å². The van der Waals surface area contributed by atoms with Crippen LogP contribution in [0, 0.1) is 5.82 Å². The van der Waals surface area contributed by atoms with Crippen molar-refractivity contribution in [2.24, 2.45) is 0 Å². The zero-order valence-corrected chi connectivity index (χ0v) is 17.1.